The van der Waals surface area contributed by atoms with Crippen molar-refractivity contribution < 1.29 is 9.59 Å². The van der Waals surface area contributed by atoms with Gasteiger partial charge in [-0.25, -0.2) is 4.79 Å². The molecule has 0 saturated carbocycles. The number of aromatic nitrogens is 2. The number of nitrogens with one attached hydrogen (secondary N) is 3. The molecule has 4 rings (SSSR count). The van der Waals surface area contributed by atoms with Crippen LogP contribution in [0, 0.1) is 6.92 Å². The van der Waals surface area contributed by atoms with Gasteiger partial charge in [-0.2, -0.15) is 0 Å². The standard InChI is InChI=1S/C22H26N6O2/c1-15-6-7-18(13-23-15)25-22(30)26-20-5-3-4-17-12-19(24-21(17)20)14-27-8-10-28(11-9-27)16(2)29/h3-7,12-13,24H,8-11,14H2,1-2H3,(H2,25,26,30). The van der Waals surface area contributed by atoms with Gasteiger partial charge in [0.15, 0.2) is 0 Å². The summed E-state index contributed by atoms with van der Waals surface area (Å²) in [5, 5.41) is 6.76. The summed E-state index contributed by atoms with van der Waals surface area (Å²) >= 11 is 0. The highest BCUT2D eigenvalue weighted by atomic mass is 16.2. The number of anilines is 2. The summed E-state index contributed by atoms with van der Waals surface area (Å²) in [6, 6.07) is 11.3. The number of carbonyl (C=O) groups is 2. The average molecular weight is 406 g/mol. The number of pyridine rings is 1. The molecule has 8 heteroatoms. The lowest BCUT2D eigenvalue weighted by Gasteiger charge is -2.33. The summed E-state index contributed by atoms with van der Waals surface area (Å²) in [6.45, 7) is 7.53. The minimum absolute atomic E-state index is 0.135. The van der Waals surface area contributed by atoms with Crippen LogP contribution in [0.5, 0.6) is 0 Å². The molecule has 2 aromatic heterocycles. The fraction of sp³-hybridized carbons (Fsp3) is 0.318. The first-order valence-electron chi connectivity index (χ1n) is 10.1. The lowest BCUT2D eigenvalue weighted by atomic mass is 10.2. The average Bonchev–Trinajstić information content (AvgIpc) is 3.13. The molecule has 0 bridgehead atoms. The highest BCUT2D eigenvalue weighted by molar-refractivity contribution is 6.05. The molecule has 0 radical (unpaired) electrons. The predicted octanol–water partition coefficient (Wildman–Crippen LogP) is 3.18. The smallest absolute Gasteiger partial charge is 0.323 e. The van der Waals surface area contributed by atoms with Crippen LogP contribution in [0.4, 0.5) is 16.2 Å². The number of fused-ring (bicyclic) bond motifs is 1. The Kier molecular flexibility index (Phi) is 5.67. The van der Waals surface area contributed by atoms with E-state index in [1.165, 1.54) is 0 Å². The molecule has 0 spiro atoms. The molecule has 30 heavy (non-hydrogen) atoms. The predicted molar refractivity (Wildman–Crippen MR) is 117 cm³/mol. The summed E-state index contributed by atoms with van der Waals surface area (Å²) in [6.07, 6.45) is 1.63. The van der Waals surface area contributed by atoms with E-state index in [9.17, 15) is 9.59 Å². The van der Waals surface area contributed by atoms with Gasteiger partial charge in [0.2, 0.25) is 5.91 Å². The Morgan fingerprint density at radius 1 is 1.10 bits per heavy atom. The molecule has 1 saturated heterocycles. The van der Waals surface area contributed by atoms with Crippen molar-refractivity contribution in [2.45, 2.75) is 20.4 Å². The number of para-hydroxylation sites is 1. The quantitative estimate of drug-likeness (QED) is 0.620. The summed E-state index contributed by atoms with van der Waals surface area (Å²) in [5.41, 5.74) is 4.23. The van der Waals surface area contributed by atoms with E-state index in [4.69, 9.17) is 0 Å². The Hall–Kier alpha value is -3.39. The van der Waals surface area contributed by atoms with Gasteiger partial charge >= 0.3 is 6.03 Å². The van der Waals surface area contributed by atoms with Crippen LogP contribution >= 0.6 is 0 Å². The summed E-state index contributed by atoms with van der Waals surface area (Å²) < 4.78 is 0. The SMILES string of the molecule is CC(=O)N1CCN(Cc2cc3cccc(NC(=O)Nc4ccc(C)nc4)c3[nH]2)CC1. The van der Waals surface area contributed by atoms with Crippen LogP contribution in [0.1, 0.15) is 18.3 Å². The number of rotatable bonds is 4. The van der Waals surface area contributed by atoms with Crippen LogP contribution < -0.4 is 10.6 Å². The maximum absolute atomic E-state index is 12.4. The van der Waals surface area contributed by atoms with Gasteiger partial charge in [0.1, 0.15) is 0 Å². The Morgan fingerprint density at radius 3 is 2.60 bits per heavy atom. The number of aromatic amines is 1. The van der Waals surface area contributed by atoms with E-state index in [0.717, 1.165) is 60.7 Å². The monoisotopic (exact) mass is 406 g/mol. The second kappa shape index (κ2) is 8.54. The number of benzene rings is 1. The van der Waals surface area contributed by atoms with Crippen LogP contribution in [0.15, 0.2) is 42.6 Å². The zero-order chi connectivity index (χ0) is 21.1. The van der Waals surface area contributed by atoms with E-state index >= 15 is 0 Å². The van der Waals surface area contributed by atoms with Gasteiger partial charge in [0, 0.05) is 56.4 Å². The number of urea groups is 1. The molecule has 1 fully saturated rings. The third-order valence-corrected chi connectivity index (χ3v) is 5.34. The van der Waals surface area contributed by atoms with Gasteiger partial charge in [-0.15, -0.1) is 0 Å². The zero-order valence-corrected chi connectivity index (χ0v) is 17.2. The normalized spacial score (nSPS) is 14.7. The largest absolute Gasteiger partial charge is 0.356 e. The van der Waals surface area contributed by atoms with Gasteiger partial charge in [-0.05, 0) is 31.2 Å². The van der Waals surface area contributed by atoms with E-state index in [0.29, 0.717) is 5.69 Å². The maximum atomic E-state index is 12.4. The van der Waals surface area contributed by atoms with Crippen LogP contribution in [-0.2, 0) is 11.3 Å². The molecule has 3 amide bonds. The fourth-order valence-corrected chi connectivity index (χ4v) is 3.69. The molecule has 3 N–H and O–H groups in total. The van der Waals surface area contributed by atoms with Crippen molar-refractivity contribution >= 4 is 34.2 Å². The molecule has 3 heterocycles. The van der Waals surface area contributed by atoms with Crippen molar-refractivity contribution in [1.29, 1.82) is 0 Å². The van der Waals surface area contributed by atoms with Crippen LogP contribution in [-0.4, -0.2) is 57.9 Å². The minimum atomic E-state index is -0.315. The number of H-pyrrole nitrogens is 1. The van der Waals surface area contributed by atoms with Gasteiger partial charge < -0.3 is 20.5 Å². The first-order chi connectivity index (χ1) is 14.5. The summed E-state index contributed by atoms with van der Waals surface area (Å²) in [4.78, 5) is 35.8. The summed E-state index contributed by atoms with van der Waals surface area (Å²) in [5.74, 6) is 0.135. The van der Waals surface area contributed by atoms with Crippen LogP contribution in [0.2, 0.25) is 0 Å². The first kappa shape index (κ1) is 19.9. The van der Waals surface area contributed by atoms with E-state index in [2.05, 4.69) is 31.6 Å². The second-order valence-corrected chi connectivity index (χ2v) is 7.61. The fourth-order valence-electron chi connectivity index (χ4n) is 3.69. The number of piperazine rings is 1. The minimum Gasteiger partial charge on any atom is -0.356 e. The van der Waals surface area contributed by atoms with Crippen LogP contribution in [0.3, 0.4) is 0 Å². The molecule has 8 nitrogen and oxygen atoms in total. The first-order valence-corrected chi connectivity index (χ1v) is 10.1. The molecule has 0 aliphatic carbocycles. The van der Waals surface area contributed by atoms with Gasteiger partial charge in [-0.1, -0.05) is 12.1 Å². The zero-order valence-electron chi connectivity index (χ0n) is 17.2. The van der Waals surface area contributed by atoms with Gasteiger partial charge in [0.05, 0.1) is 23.1 Å². The lowest BCUT2D eigenvalue weighted by Crippen LogP contribution is -2.47. The molecule has 3 aromatic rings. The molecular formula is C22H26N6O2. The Balaban J connectivity index is 1.42. The van der Waals surface area contributed by atoms with Crippen molar-refractivity contribution in [1.82, 2.24) is 19.8 Å². The molecule has 0 atom stereocenters. The van der Waals surface area contributed by atoms with E-state index in [1.54, 1.807) is 13.1 Å². The number of aryl methyl sites for hydroxylation is 1. The Bertz CT molecular complexity index is 1050. The number of hydrogen-bond donors (Lipinski definition) is 3. The highest BCUT2D eigenvalue weighted by Gasteiger charge is 2.19. The van der Waals surface area contributed by atoms with Crippen LogP contribution in [0.25, 0.3) is 10.9 Å². The van der Waals surface area contributed by atoms with Crippen molar-refractivity contribution in [2.24, 2.45) is 0 Å². The summed E-state index contributed by atoms with van der Waals surface area (Å²) in [7, 11) is 0. The maximum Gasteiger partial charge on any atom is 0.323 e. The van der Waals surface area contributed by atoms with E-state index in [1.807, 2.05) is 42.2 Å². The topological polar surface area (TPSA) is 93.4 Å². The number of hydrogen-bond acceptors (Lipinski definition) is 4. The van der Waals surface area contributed by atoms with Crippen molar-refractivity contribution in [3.05, 3.63) is 54.0 Å². The molecule has 156 valence electrons. The number of carbonyl (C=O) groups excluding carboxylic acids is 2. The third kappa shape index (κ3) is 4.60. The van der Waals surface area contributed by atoms with Gasteiger partial charge in [-0.3, -0.25) is 14.7 Å². The molecule has 0 unspecified atom stereocenters. The highest BCUT2D eigenvalue weighted by Crippen LogP contribution is 2.25. The van der Waals surface area contributed by atoms with Gasteiger partial charge in [0.25, 0.3) is 0 Å². The second-order valence-electron chi connectivity index (χ2n) is 7.61. The Labute approximate surface area is 175 Å². The molecule has 1 aliphatic heterocycles. The Morgan fingerprint density at radius 2 is 1.90 bits per heavy atom. The van der Waals surface area contributed by atoms with Crippen molar-refractivity contribution in [3.63, 3.8) is 0 Å². The molecule has 1 aromatic carbocycles. The molecule has 1 aliphatic rings. The number of amides is 3. The third-order valence-electron chi connectivity index (χ3n) is 5.34. The van der Waals surface area contributed by atoms with Crippen molar-refractivity contribution in [2.75, 3.05) is 36.8 Å². The number of nitrogens with zero attached hydrogens (tertiary/aromatic N) is 3. The van der Waals surface area contributed by atoms with E-state index in [-0.39, 0.29) is 11.9 Å². The van der Waals surface area contributed by atoms with Crippen molar-refractivity contribution in [3.8, 4) is 0 Å². The van der Waals surface area contributed by atoms with E-state index < -0.39 is 0 Å². The lowest BCUT2D eigenvalue weighted by molar-refractivity contribution is -0.130. The molecular weight excluding hydrogens is 380 g/mol.